The van der Waals surface area contributed by atoms with Crippen LogP contribution in [-0.2, 0) is 26.0 Å². The molecule has 1 N–H and O–H groups in total. The van der Waals surface area contributed by atoms with Crippen LogP contribution in [0, 0.1) is 12.8 Å². The van der Waals surface area contributed by atoms with Gasteiger partial charge >= 0.3 is 6.03 Å². The molecule has 9 nitrogen and oxygen atoms in total. The zero-order valence-corrected chi connectivity index (χ0v) is 20.0. The molecule has 0 bridgehead atoms. The molecule has 2 saturated heterocycles. The van der Waals surface area contributed by atoms with E-state index in [1.807, 2.05) is 42.0 Å². The number of β-lactam (4-membered cyclic amide) rings is 1. The van der Waals surface area contributed by atoms with Crippen molar-refractivity contribution in [2.24, 2.45) is 5.92 Å². The summed E-state index contributed by atoms with van der Waals surface area (Å²) in [6, 6.07) is 11.7. The number of carbonyl (C=O) groups excluding carboxylic acids is 3. The minimum absolute atomic E-state index is 0.133. The molecule has 1 aromatic heterocycles. The summed E-state index contributed by atoms with van der Waals surface area (Å²) < 4.78 is 25.4. The van der Waals surface area contributed by atoms with Gasteiger partial charge in [0.1, 0.15) is 6.04 Å². The summed E-state index contributed by atoms with van der Waals surface area (Å²) in [6.45, 7) is 2.72. The molecule has 0 saturated carbocycles. The first-order valence-corrected chi connectivity index (χ1v) is 13.1. The van der Waals surface area contributed by atoms with Crippen molar-refractivity contribution >= 4 is 27.9 Å². The molecule has 3 atom stereocenters. The number of rotatable bonds is 5. The number of carbonyl (C=O) groups is 3. The minimum atomic E-state index is -3.86. The summed E-state index contributed by atoms with van der Waals surface area (Å²) in [5.74, 6) is -2.05. The first-order valence-electron chi connectivity index (χ1n) is 11.2. The third kappa shape index (κ3) is 5.11. The molecule has 0 radical (unpaired) electrons. The largest absolute Gasteiger partial charge is 0.327 e. The Balaban J connectivity index is 1.55. The second-order valence-electron chi connectivity index (χ2n) is 8.99. The Morgan fingerprint density at radius 2 is 1.91 bits per heavy atom. The highest BCUT2D eigenvalue weighted by Crippen LogP contribution is 2.34. The lowest BCUT2D eigenvalue weighted by Gasteiger charge is -2.47. The summed E-state index contributed by atoms with van der Waals surface area (Å²) in [5, 5.41) is 0. The van der Waals surface area contributed by atoms with Crippen LogP contribution in [-0.4, -0.2) is 66.4 Å². The molecule has 180 valence electrons. The van der Waals surface area contributed by atoms with Gasteiger partial charge in [-0.1, -0.05) is 30.3 Å². The Morgan fingerprint density at radius 1 is 1.18 bits per heavy atom. The molecular formula is C24H28N4O5S. The van der Waals surface area contributed by atoms with Gasteiger partial charge in [0.2, 0.25) is 15.9 Å². The number of likely N-dealkylation sites (tertiary alicyclic amines) is 2. The van der Waals surface area contributed by atoms with E-state index in [0.717, 1.165) is 40.8 Å². The van der Waals surface area contributed by atoms with Crippen LogP contribution in [0.1, 0.15) is 35.6 Å². The lowest BCUT2D eigenvalue weighted by molar-refractivity contribution is -0.157. The summed E-state index contributed by atoms with van der Waals surface area (Å²) in [5.41, 5.74) is 2.67. The number of hydrogen-bond acceptors (Lipinski definition) is 6. The van der Waals surface area contributed by atoms with E-state index in [9.17, 15) is 22.8 Å². The lowest BCUT2D eigenvalue weighted by atomic mass is 9.82. The molecule has 10 heteroatoms. The fraction of sp³-hybridized carbons (Fsp3) is 0.417. The predicted octanol–water partition coefficient (Wildman–Crippen LogP) is 1.83. The van der Waals surface area contributed by atoms with Crippen LogP contribution in [0.2, 0.25) is 0 Å². The minimum Gasteiger partial charge on any atom is -0.324 e. The quantitative estimate of drug-likeness (QED) is 0.648. The molecule has 2 aliphatic heterocycles. The van der Waals surface area contributed by atoms with Gasteiger partial charge in [0, 0.05) is 30.9 Å². The fourth-order valence-corrected chi connectivity index (χ4v) is 5.28. The number of urea groups is 1. The summed E-state index contributed by atoms with van der Waals surface area (Å²) >= 11 is 0. The number of nitrogens with one attached hydrogen (secondary N) is 1. The van der Waals surface area contributed by atoms with Crippen LogP contribution in [0.3, 0.4) is 0 Å². The van der Waals surface area contributed by atoms with Gasteiger partial charge in [0.05, 0.1) is 12.2 Å². The molecule has 0 spiro atoms. The predicted molar refractivity (Wildman–Crippen MR) is 125 cm³/mol. The molecule has 34 heavy (non-hydrogen) atoms. The van der Waals surface area contributed by atoms with Gasteiger partial charge in [-0.3, -0.25) is 24.2 Å². The molecule has 0 aliphatic carbocycles. The summed E-state index contributed by atoms with van der Waals surface area (Å²) in [6.07, 6.45) is 4.38. The molecule has 2 fully saturated rings. The van der Waals surface area contributed by atoms with Crippen LogP contribution in [0.25, 0.3) is 0 Å². The zero-order valence-electron chi connectivity index (χ0n) is 19.2. The van der Waals surface area contributed by atoms with Crippen molar-refractivity contribution in [3.8, 4) is 0 Å². The van der Waals surface area contributed by atoms with Crippen molar-refractivity contribution in [2.75, 3.05) is 19.3 Å². The number of imide groups is 1. The highest BCUT2D eigenvalue weighted by atomic mass is 32.2. The van der Waals surface area contributed by atoms with Gasteiger partial charge in [-0.25, -0.2) is 13.2 Å². The highest BCUT2D eigenvalue weighted by molar-refractivity contribution is 7.89. The van der Waals surface area contributed by atoms with Crippen molar-refractivity contribution in [1.82, 2.24) is 19.5 Å². The number of amides is 4. The van der Waals surface area contributed by atoms with Crippen LogP contribution >= 0.6 is 0 Å². The number of benzene rings is 1. The molecular weight excluding hydrogens is 456 g/mol. The van der Waals surface area contributed by atoms with E-state index >= 15 is 0 Å². The summed E-state index contributed by atoms with van der Waals surface area (Å²) in [4.78, 5) is 46.0. The third-order valence-electron chi connectivity index (χ3n) is 6.35. The normalized spacial score (nSPS) is 22.8. The van der Waals surface area contributed by atoms with Crippen molar-refractivity contribution in [1.29, 1.82) is 0 Å². The number of nitrogens with zero attached hydrogens (tertiary/aromatic N) is 3. The molecule has 1 aromatic carbocycles. The maximum atomic E-state index is 13.4. The van der Waals surface area contributed by atoms with Crippen molar-refractivity contribution in [2.45, 2.75) is 38.1 Å². The SMILES string of the molecule is Cc1cc(C[C@H]2C(=O)N(C(=O)N3CCC[C@H](c4ccccc4)C3)[C@@H]2C(=O)NS(C)(=O)=O)ccn1. The average Bonchev–Trinajstić information content (AvgIpc) is 2.80. The van der Waals surface area contributed by atoms with Crippen LogP contribution in [0.4, 0.5) is 4.79 Å². The van der Waals surface area contributed by atoms with Gasteiger partial charge in [0.15, 0.2) is 0 Å². The number of aromatic nitrogens is 1. The van der Waals surface area contributed by atoms with E-state index in [4.69, 9.17) is 0 Å². The van der Waals surface area contributed by atoms with Gasteiger partial charge in [-0.2, -0.15) is 0 Å². The summed E-state index contributed by atoms with van der Waals surface area (Å²) in [7, 11) is -3.86. The first-order chi connectivity index (χ1) is 16.1. The second-order valence-corrected chi connectivity index (χ2v) is 10.7. The molecule has 0 unspecified atom stereocenters. The van der Waals surface area contributed by atoms with Crippen molar-refractivity contribution in [3.05, 3.63) is 65.5 Å². The number of pyridine rings is 1. The van der Waals surface area contributed by atoms with E-state index in [-0.39, 0.29) is 12.3 Å². The Kier molecular flexibility index (Phi) is 6.70. The smallest absolute Gasteiger partial charge is 0.324 e. The van der Waals surface area contributed by atoms with E-state index in [1.54, 1.807) is 23.2 Å². The standard InChI is InChI=1S/C24H28N4O5S/c1-16-13-17(10-11-25-16)14-20-21(22(29)26-34(2,32)33)28(23(20)30)24(31)27-12-6-9-19(15-27)18-7-4-3-5-8-18/h3-5,7-8,10-11,13,19-21H,6,9,12,14-15H2,1-2H3,(H,26,29)/t19-,20+,21-/m0/s1. The monoisotopic (exact) mass is 484 g/mol. The van der Waals surface area contributed by atoms with Crippen molar-refractivity contribution < 1.29 is 22.8 Å². The highest BCUT2D eigenvalue weighted by Gasteiger charge is 2.55. The van der Waals surface area contributed by atoms with Gasteiger partial charge in [-0.05, 0) is 49.4 Å². The van der Waals surface area contributed by atoms with Gasteiger partial charge in [-0.15, -0.1) is 0 Å². The van der Waals surface area contributed by atoms with Crippen LogP contribution in [0.5, 0.6) is 0 Å². The molecule has 2 aromatic rings. The molecule has 2 aliphatic rings. The Labute approximate surface area is 199 Å². The first kappa shape index (κ1) is 23.9. The third-order valence-corrected chi connectivity index (χ3v) is 6.93. The van der Waals surface area contributed by atoms with E-state index in [2.05, 4.69) is 4.98 Å². The molecule has 4 amide bonds. The Hall–Kier alpha value is -3.27. The van der Waals surface area contributed by atoms with Crippen LogP contribution < -0.4 is 4.72 Å². The number of piperidine rings is 1. The topological polar surface area (TPSA) is 117 Å². The van der Waals surface area contributed by atoms with E-state index in [0.29, 0.717) is 13.1 Å². The fourth-order valence-electron chi connectivity index (χ4n) is 4.79. The zero-order chi connectivity index (χ0) is 24.5. The number of hydrogen-bond donors (Lipinski definition) is 1. The maximum absolute atomic E-state index is 13.4. The van der Waals surface area contributed by atoms with Crippen molar-refractivity contribution in [3.63, 3.8) is 0 Å². The molecule has 4 rings (SSSR count). The Morgan fingerprint density at radius 3 is 2.59 bits per heavy atom. The van der Waals surface area contributed by atoms with E-state index < -0.39 is 39.8 Å². The van der Waals surface area contributed by atoms with Gasteiger partial charge in [0.25, 0.3) is 5.91 Å². The Bertz CT molecular complexity index is 1200. The number of aryl methyl sites for hydroxylation is 1. The maximum Gasteiger partial charge on any atom is 0.327 e. The van der Waals surface area contributed by atoms with E-state index in [1.165, 1.54) is 0 Å². The lowest BCUT2D eigenvalue weighted by Crippen LogP contribution is -2.71. The van der Waals surface area contributed by atoms with Gasteiger partial charge < -0.3 is 4.90 Å². The number of sulfonamides is 1. The molecule has 3 heterocycles. The second kappa shape index (κ2) is 9.54. The van der Waals surface area contributed by atoms with Crippen LogP contribution in [0.15, 0.2) is 48.7 Å². The average molecular weight is 485 g/mol.